The third kappa shape index (κ3) is 1.11. The molecule has 1 saturated heterocycles. The number of benzene rings is 1. The Morgan fingerprint density at radius 2 is 2.07 bits per heavy atom. The van der Waals surface area contributed by atoms with E-state index >= 15 is 0 Å². The molecule has 1 aromatic rings. The van der Waals surface area contributed by atoms with E-state index in [1.54, 1.807) is 0 Å². The van der Waals surface area contributed by atoms with Crippen molar-refractivity contribution >= 4 is 0 Å². The summed E-state index contributed by atoms with van der Waals surface area (Å²) in [4.78, 5) is 2.61. The molecule has 3 rings (SSSR count). The van der Waals surface area contributed by atoms with Crippen molar-refractivity contribution in [1.29, 1.82) is 0 Å². The summed E-state index contributed by atoms with van der Waals surface area (Å²) in [6.07, 6.45) is 0. The Morgan fingerprint density at radius 1 is 1.29 bits per heavy atom. The average molecular weight is 188 g/mol. The summed E-state index contributed by atoms with van der Waals surface area (Å²) >= 11 is 0. The van der Waals surface area contributed by atoms with E-state index < -0.39 is 0 Å². The maximum Gasteiger partial charge on any atom is 0.0354 e. The summed E-state index contributed by atoms with van der Waals surface area (Å²) in [6.45, 7) is 5.80. The largest absolute Gasteiger partial charge is 0.314 e. The second-order valence-electron chi connectivity index (χ2n) is 4.36. The Hall–Kier alpha value is -0.860. The van der Waals surface area contributed by atoms with Crippen molar-refractivity contribution in [3.63, 3.8) is 0 Å². The number of rotatable bonds is 1. The van der Waals surface area contributed by atoms with Gasteiger partial charge in [0.1, 0.15) is 0 Å². The van der Waals surface area contributed by atoms with Crippen LogP contribution in [0.3, 0.4) is 0 Å². The van der Waals surface area contributed by atoms with Crippen molar-refractivity contribution in [3.8, 4) is 0 Å². The first kappa shape index (κ1) is 8.45. The van der Waals surface area contributed by atoms with Crippen LogP contribution in [0.1, 0.15) is 24.1 Å². The second-order valence-corrected chi connectivity index (χ2v) is 4.36. The standard InChI is InChI=1S/C12H16N2/c1-9-12-5-3-2-4-10(12)8-14(9)11-6-13-7-11/h2-5,9,11,13H,6-8H2,1H3. The molecular formula is C12H16N2. The molecule has 0 amide bonds. The maximum atomic E-state index is 3.34. The van der Waals surface area contributed by atoms with E-state index in [-0.39, 0.29) is 0 Å². The molecule has 2 aliphatic rings. The summed E-state index contributed by atoms with van der Waals surface area (Å²) in [5, 5.41) is 3.34. The molecule has 2 heteroatoms. The van der Waals surface area contributed by atoms with Gasteiger partial charge in [0.25, 0.3) is 0 Å². The number of fused-ring (bicyclic) bond motifs is 1. The topological polar surface area (TPSA) is 15.3 Å². The molecule has 0 aliphatic carbocycles. The number of hydrogen-bond donors (Lipinski definition) is 1. The fourth-order valence-electron chi connectivity index (χ4n) is 2.55. The van der Waals surface area contributed by atoms with Gasteiger partial charge in [-0.05, 0) is 18.1 Å². The van der Waals surface area contributed by atoms with Crippen LogP contribution in [0.5, 0.6) is 0 Å². The molecule has 1 aromatic carbocycles. The van der Waals surface area contributed by atoms with Gasteiger partial charge in [-0.15, -0.1) is 0 Å². The monoisotopic (exact) mass is 188 g/mol. The van der Waals surface area contributed by atoms with Crippen molar-refractivity contribution in [2.45, 2.75) is 25.6 Å². The first-order chi connectivity index (χ1) is 6.86. The SMILES string of the molecule is CC1c2ccccc2CN1C1CNC1. The van der Waals surface area contributed by atoms with Gasteiger partial charge in [0, 0.05) is 31.7 Å². The van der Waals surface area contributed by atoms with Crippen LogP contribution in [0.4, 0.5) is 0 Å². The number of nitrogens with zero attached hydrogens (tertiary/aromatic N) is 1. The van der Waals surface area contributed by atoms with E-state index in [9.17, 15) is 0 Å². The first-order valence-corrected chi connectivity index (χ1v) is 5.40. The molecule has 74 valence electrons. The van der Waals surface area contributed by atoms with Crippen LogP contribution in [0.25, 0.3) is 0 Å². The molecule has 14 heavy (non-hydrogen) atoms. The molecule has 0 saturated carbocycles. The van der Waals surface area contributed by atoms with E-state index in [0.29, 0.717) is 6.04 Å². The van der Waals surface area contributed by atoms with Gasteiger partial charge >= 0.3 is 0 Å². The minimum Gasteiger partial charge on any atom is -0.314 e. The fourth-order valence-corrected chi connectivity index (χ4v) is 2.55. The highest BCUT2D eigenvalue weighted by molar-refractivity contribution is 5.34. The summed E-state index contributed by atoms with van der Waals surface area (Å²) in [6, 6.07) is 10.2. The molecule has 1 N–H and O–H groups in total. The van der Waals surface area contributed by atoms with Crippen molar-refractivity contribution in [1.82, 2.24) is 10.2 Å². The molecule has 0 bridgehead atoms. The summed E-state index contributed by atoms with van der Waals surface area (Å²) < 4.78 is 0. The zero-order valence-electron chi connectivity index (χ0n) is 8.53. The van der Waals surface area contributed by atoms with Crippen LogP contribution in [0.15, 0.2) is 24.3 Å². The Morgan fingerprint density at radius 3 is 2.71 bits per heavy atom. The van der Waals surface area contributed by atoms with Gasteiger partial charge in [-0.1, -0.05) is 24.3 Å². The first-order valence-electron chi connectivity index (χ1n) is 5.40. The predicted molar refractivity (Wildman–Crippen MR) is 57.1 cm³/mol. The van der Waals surface area contributed by atoms with Gasteiger partial charge in [-0.3, -0.25) is 4.90 Å². The van der Waals surface area contributed by atoms with Crippen LogP contribution in [0.2, 0.25) is 0 Å². The van der Waals surface area contributed by atoms with Crippen LogP contribution in [0, 0.1) is 0 Å². The van der Waals surface area contributed by atoms with Gasteiger partial charge in [0.2, 0.25) is 0 Å². The lowest BCUT2D eigenvalue weighted by atomic mass is 10.1. The van der Waals surface area contributed by atoms with E-state index in [1.165, 1.54) is 24.2 Å². The number of nitrogens with one attached hydrogen (secondary N) is 1. The predicted octanol–water partition coefficient (Wildman–Crippen LogP) is 1.53. The van der Waals surface area contributed by atoms with Crippen molar-refractivity contribution < 1.29 is 0 Å². The highest BCUT2D eigenvalue weighted by atomic mass is 15.3. The Labute approximate surface area is 84.9 Å². The average Bonchev–Trinajstić information content (AvgIpc) is 2.43. The molecule has 0 radical (unpaired) electrons. The lowest BCUT2D eigenvalue weighted by Crippen LogP contribution is -2.56. The summed E-state index contributed by atoms with van der Waals surface area (Å²) in [5.41, 5.74) is 3.05. The summed E-state index contributed by atoms with van der Waals surface area (Å²) in [7, 11) is 0. The molecule has 1 atom stereocenters. The minimum atomic E-state index is 0.610. The van der Waals surface area contributed by atoms with Crippen LogP contribution in [-0.4, -0.2) is 24.0 Å². The van der Waals surface area contributed by atoms with Gasteiger partial charge in [0.05, 0.1) is 0 Å². The molecule has 1 fully saturated rings. The van der Waals surface area contributed by atoms with Crippen LogP contribution in [-0.2, 0) is 6.54 Å². The van der Waals surface area contributed by atoms with Crippen LogP contribution < -0.4 is 5.32 Å². The smallest absolute Gasteiger partial charge is 0.0354 e. The molecule has 1 unspecified atom stereocenters. The Balaban J connectivity index is 1.89. The van der Waals surface area contributed by atoms with Crippen molar-refractivity contribution in [2.24, 2.45) is 0 Å². The van der Waals surface area contributed by atoms with E-state index in [2.05, 4.69) is 41.4 Å². The third-order valence-corrected chi connectivity index (χ3v) is 3.58. The molecule has 0 aromatic heterocycles. The van der Waals surface area contributed by atoms with Gasteiger partial charge in [-0.25, -0.2) is 0 Å². The third-order valence-electron chi connectivity index (χ3n) is 3.58. The zero-order chi connectivity index (χ0) is 9.54. The molecular weight excluding hydrogens is 172 g/mol. The minimum absolute atomic E-state index is 0.610. The van der Waals surface area contributed by atoms with Crippen molar-refractivity contribution in [2.75, 3.05) is 13.1 Å². The fraction of sp³-hybridized carbons (Fsp3) is 0.500. The van der Waals surface area contributed by atoms with E-state index in [1.807, 2.05) is 0 Å². The lowest BCUT2D eigenvalue weighted by molar-refractivity contribution is 0.112. The van der Waals surface area contributed by atoms with E-state index in [0.717, 1.165) is 12.6 Å². The molecule has 2 heterocycles. The number of hydrogen-bond acceptors (Lipinski definition) is 2. The van der Waals surface area contributed by atoms with Crippen molar-refractivity contribution in [3.05, 3.63) is 35.4 Å². The lowest BCUT2D eigenvalue weighted by Gasteiger charge is -2.38. The highest BCUT2D eigenvalue weighted by Gasteiger charge is 2.34. The summed E-state index contributed by atoms with van der Waals surface area (Å²) in [5.74, 6) is 0. The zero-order valence-corrected chi connectivity index (χ0v) is 8.53. The molecule has 2 aliphatic heterocycles. The highest BCUT2D eigenvalue weighted by Crippen LogP contribution is 2.35. The molecule has 2 nitrogen and oxygen atoms in total. The van der Waals surface area contributed by atoms with Gasteiger partial charge in [0.15, 0.2) is 0 Å². The normalized spacial score (nSPS) is 27.4. The second kappa shape index (κ2) is 3.07. The van der Waals surface area contributed by atoms with Crippen LogP contribution >= 0.6 is 0 Å². The Bertz CT molecular complexity index is 344. The Kier molecular flexibility index (Phi) is 1.85. The maximum absolute atomic E-state index is 3.34. The van der Waals surface area contributed by atoms with Gasteiger partial charge in [-0.2, -0.15) is 0 Å². The quantitative estimate of drug-likeness (QED) is 0.719. The van der Waals surface area contributed by atoms with E-state index in [4.69, 9.17) is 0 Å². The molecule has 0 spiro atoms. The van der Waals surface area contributed by atoms with Gasteiger partial charge < -0.3 is 5.32 Å².